The van der Waals surface area contributed by atoms with Crippen LogP contribution in [-0.4, -0.2) is 16.9 Å². The monoisotopic (exact) mass is 131 g/mol. The highest BCUT2D eigenvalue weighted by atomic mass is 28.2. The maximum absolute atomic E-state index is 3.27. The largest absolute Gasteiger partial charge is 0.345 e. The van der Waals surface area contributed by atoms with Gasteiger partial charge in [0.15, 0.2) is 0 Å². The van der Waals surface area contributed by atoms with Crippen molar-refractivity contribution in [3.8, 4) is 0 Å². The van der Waals surface area contributed by atoms with Crippen LogP contribution in [0.5, 0.6) is 0 Å². The van der Waals surface area contributed by atoms with Crippen LogP contribution in [0.25, 0.3) is 0 Å². The van der Waals surface area contributed by atoms with E-state index >= 15 is 0 Å². The summed E-state index contributed by atoms with van der Waals surface area (Å²) in [6, 6.07) is 0. The van der Waals surface area contributed by atoms with Crippen LogP contribution in [0.1, 0.15) is 32.6 Å². The van der Waals surface area contributed by atoms with E-state index in [1.54, 1.807) is 0 Å². The minimum Gasteiger partial charge on any atom is -0.345 e. The fourth-order valence-electron chi connectivity index (χ4n) is 0.729. The van der Waals surface area contributed by atoms with Gasteiger partial charge in [0.25, 0.3) is 0 Å². The second kappa shape index (κ2) is 7.18. The van der Waals surface area contributed by atoms with Crippen molar-refractivity contribution in [3.05, 3.63) is 0 Å². The molecule has 0 aliphatic rings. The zero-order valence-electron chi connectivity index (χ0n) is 6.04. The predicted octanol–water partition coefficient (Wildman–Crippen LogP) is 0.437. The molecule has 0 aliphatic heterocycles. The molecule has 50 valence electrons. The highest BCUT2D eigenvalue weighted by Crippen LogP contribution is 1.96. The van der Waals surface area contributed by atoms with Crippen LogP contribution >= 0.6 is 0 Å². The first-order valence-electron chi connectivity index (χ1n) is 3.56. The fourth-order valence-corrected chi connectivity index (χ4v) is 1.08. The summed E-state index contributed by atoms with van der Waals surface area (Å²) in [5.41, 5.74) is 0. The second-order valence-electron chi connectivity index (χ2n) is 2.16. The van der Waals surface area contributed by atoms with Crippen molar-refractivity contribution in [2.24, 2.45) is 0 Å². The zero-order valence-corrected chi connectivity index (χ0v) is 8.04. The van der Waals surface area contributed by atoms with Gasteiger partial charge >= 0.3 is 0 Å². The number of nitrogens with one attached hydrogen (secondary N) is 1. The molecule has 0 saturated heterocycles. The number of hydrogen-bond donors (Lipinski definition) is 1. The van der Waals surface area contributed by atoms with E-state index < -0.39 is 0 Å². The molecule has 1 nitrogen and oxygen atoms in total. The van der Waals surface area contributed by atoms with Crippen LogP contribution < -0.4 is 4.98 Å². The van der Waals surface area contributed by atoms with Gasteiger partial charge in [-0.05, 0) is 13.0 Å². The molecule has 2 heteroatoms. The van der Waals surface area contributed by atoms with Gasteiger partial charge in [-0.15, -0.1) is 0 Å². The molecule has 8 heavy (non-hydrogen) atoms. The van der Waals surface area contributed by atoms with Gasteiger partial charge in [0.05, 0.1) is 10.4 Å². The Labute approximate surface area is 55.4 Å². The average Bonchev–Trinajstić information content (AvgIpc) is 1.81. The maximum atomic E-state index is 3.27. The zero-order chi connectivity index (χ0) is 6.24. The van der Waals surface area contributed by atoms with Gasteiger partial charge in [-0.25, -0.2) is 0 Å². The number of unbranched alkanes of at least 4 members (excludes halogenated alkanes) is 3. The number of hydrogen-bond acceptors (Lipinski definition) is 1. The first-order valence-corrected chi connectivity index (χ1v) is 4.56. The van der Waals surface area contributed by atoms with Crippen molar-refractivity contribution in [1.29, 1.82) is 0 Å². The molecule has 0 aromatic rings. The van der Waals surface area contributed by atoms with Gasteiger partial charge in [-0.2, -0.15) is 0 Å². The Morgan fingerprint density at radius 2 is 2.00 bits per heavy atom. The first kappa shape index (κ1) is 8.18. The highest BCUT2D eigenvalue weighted by molar-refractivity contribution is 6.04. The summed E-state index contributed by atoms with van der Waals surface area (Å²) in [4.78, 5) is 3.27. The average molecular weight is 131 g/mol. The summed E-state index contributed by atoms with van der Waals surface area (Å²) in [6.45, 7) is 3.49. The third-order valence-electron chi connectivity index (χ3n) is 1.28. The Bertz CT molecular complexity index is 33.5. The van der Waals surface area contributed by atoms with E-state index in [2.05, 4.69) is 11.9 Å². The molecule has 0 bridgehead atoms. The summed E-state index contributed by atoms with van der Waals surface area (Å²) in [7, 11) is 1.16. The minimum absolute atomic E-state index is 1.16. The van der Waals surface area contributed by atoms with E-state index in [1.165, 1.54) is 32.2 Å². The molecule has 0 amide bonds. The lowest BCUT2D eigenvalue weighted by molar-refractivity contribution is 0.660. The van der Waals surface area contributed by atoms with Crippen LogP contribution in [-0.2, 0) is 0 Å². The predicted molar refractivity (Wildman–Crippen MR) is 42.1 cm³/mol. The lowest BCUT2D eigenvalue weighted by Crippen LogP contribution is -2.09. The Kier molecular flexibility index (Phi) is 7.34. The van der Waals surface area contributed by atoms with Gasteiger partial charge < -0.3 is 4.98 Å². The Morgan fingerprint density at radius 3 is 2.50 bits per heavy atom. The molecule has 0 saturated carbocycles. The van der Waals surface area contributed by atoms with Gasteiger partial charge in [0.1, 0.15) is 0 Å². The van der Waals surface area contributed by atoms with Crippen molar-refractivity contribution in [2.45, 2.75) is 32.6 Å². The first-order chi connectivity index (χ1) is 3.91. The molecule has 0 rings (SSSR count). The summed E-state index contributed by atoms with van der Waals surface area (Å²) >= 11 is 0. The third kappa shape index (κ3) is 6.18. The standard InChI is InChI=1S/C6H17NSi/c1-2-3-4-5-6-7-8/h7H,2-6H2,1,8H3. The van der Waals surface area contributed by atoms with E-state index in [-0.39, 0.29) is 0 Å². The molecular formula is C6H17NSi. The van der Waals surface area contributed by atoms with E-state index in [4.69, 9.17) is 0 Å². The smallest absolute Gasteiger partial charge is 0.0749 e. The number of rotatable bonds is 5. The third-order valence-corrected chi connectivity index (χ3v) is 1.78. The van der Waals surface area contributed by atoms with Crippen LogP contribution in [0.4, 0.5) is 0 Å². The van der Waals surface area contributed by atoms with Crippen LogP contribution in [0.15, 0.2) is 0 Å². The maximum Gasteiger partial charge on any atom is 0.0749 e. The molecule has 0 aromatic heterocycles. The molecule has 0 spiro atoms. The van der Waals surface area contributed by atoms with Gasteiger partial charge in [0, 0.05) is 0 Å². The molecule has 0 heterocycles. The van der Waals surface area contributed by atoms with Crippen molar-refractivity contribution < 1.29 is 0 Å². The van der Waals surface area contributed by atoms with E-state index in [9.17, 15) is 0 Å². The van der Waals surface area contributed by atoms with Gasteiger partial charge in [-0.3, -0.25) is 0 Å². The van der Waals surface area contributed by atoms with Gasteiger partial charge in [0.2, 0.25) is 0 Å². The van der Waals surface area contributed by atoms with Crippen molar-refractivity contribution in [2.75, 3.05) is 6.54 Å². The minimum atomic E-state index is 1.16. The van der Waals surface area contributed by atoms with E-state index in [0.717, 1.165) is 10.4 Å². The van der Waals surface area contributed by atoms with Crippen LogP contribution in [0, 0.1) is 0 Å². The van der Waals surface area contributed by atoms with Crippen LogP contribution in [0.3, 0.4) is 0 Å². The normalized spacial score (nSPS) is 10.1. The Balaban J connectivity index is 2.53. The topological polar surface area (TPSA) is 12.0 Å². The molecular weight excluding hydrogens is 114 g/mol. The molecule has 0 unspecified atom stereocenters. The Hall–Kier alpha value is 0.177. The molecule has 0 aromatic carbocycles. The molecule has 0 radical (unpaired) electrons. The second-order valence-corrected chi connectivity index (χ2v) is 2.87. The Morgan fingerprint density at radius 1 is 1.25 bits per heavy atom. The molecule has 1 N–H and O–H groups in total. The quantitative estimate of drug-likeness (QED) is 0.422. The summed E-state index contributed by atoms with van der Waals surface area (Å²) in [6.07, 6.45) is 5.54. The van der Waals surface area contributed by atoms with Crippen molar-refractivity contribution in [1.82, 2.24) is 4.98 Å². The molecule has 0 aliphatic carbocycles. The summed E-state index contributed by atoms with van der Waals surface area (Å²) in [5.74, 6) is 0. The van der Waals surface area contributed by atoms with E-state index in [0.29, 0.717) is 0 Å². The van der Waals surface area contributed by atoms with Crippen molar-refractivity contribution in [3.63, 3.8) is 0 Å². The van der Waals surface area contributed by atoms with Gasteiger partial charge in [-0.1, -0.05) is 26.2 Å². The van der Waals surface area contributed by atoms with Crippen LogP contribution in [0.2, 0.25) is 0 Å². The lowest BCUT2D eigenvalue weighted by Gasteiger charge is -1.95. The van der Waals surface area contributed by atoms with Crippen molar-refractivity contribution >= 4 is 10.4 Å². The molecule has 0 fully saturated rings. The highest BCUT2D eigenvalue weighted by Gasteiger charge is 1.82. The lowest BCUT2D eigenvalue weighted by atomic mass is 10.2. The SMILES string of the molecule is CCCCCCN[SiH3]. The van der Waals surface area contributed by atoms with E-state index in [1.807, 2.05) is 0 Å². The summed E-state index contributed by atoms with van der Waals surface area (Å²) < 4.78 is 0. The molecule has 0 atom stereocenters. The summed E-state index contributed by atoms with van der Waals surface area (Å²) in [5, 5.41) is 0. The fraction of sp³-hybridized carbons (Fsp3) is 1.00.